The van der Waals surface area contributed by atoms with Gasteiger partial charge in [-0.1, -0.05) is 37.6 Å². The number of nitrogens with one attached hydrogen (secondary N) is 1. The van der Waals surface area contributed by atoms with Crippen LogP contribution >= 0.6 is 11.3 Å². The molecule has 1 aromatic heterocycles. The molecule has 1 amide bonds. The van der Waals surface area contributed by atoms with Crippen LogP contribution in [0.3, 0.4) is 0 Å². The van der Waals surface area contributed by atoms with Crippen molar-refractivity contribution in [3.8, 4) is 0 Å². The van der Waals surface area contributed by atoms with Gasteiger partial charge in [-0.25, -0.2) is 8.42 Å². The van der Waals surface area contributed by atoms with Crippen molar-refractivity contribution < 1.29 is 13.2 Å². The van der Waals surface area contributed by atoms with Crippen molar-refractivity contribution in [2.45, 2.75) is 37.3 Å². The van der Waals surface area contributed by atoms with Gasteiger partial charge in [0.2, 0.25) is 5.91 Å². The van der Waals surface area contributed by atoms with Gasteiger partial charge in [-0.05, 0) is 36.4 Å². The summed E-state index contributed by atoms with van der Waals surface area (Å²) in [7, 11) is -3.57. The van der Waals surface area contributed by atoms with Gasteiger partial charge in [0.15, 0.2) is 9.84 Å². The summed E-state index contributed by atoms with van der Waals surface area (Å²) in [5, 5.41) is 3.86. The highest BCUT2D eigenvalue weighted by Gasteiger charge is 2.30. The molecule has 0 saturated carbocycles. The van der Waals surface area contributed by atoms with E-state index in [-0.39, 0.29) is 23.3 Å². The maximum absolute atomic E-state index is 13.0. The number of hydrogen-bond donors (Lipinski definition) is 1. The first-order valence-electron chi connectivity index (χ1n) is 7.91. The average Bonchev–Trinajstić information content (AvgIpc) is 3.01. The van der Waals surface area contributed by atoms with Gasteiger partial charge in [0.25, 0.3) is 0 Å². The molecule has 0 aliphatic rings. The first-order chi connectivity index (χ1) is 11.3. The zero-order valence-electron chi connectivity index (χ0n) is 14.2. The van der Waals surface area contributed by atoms with Gasteiger partial charge in [-0.3, -0.25) is 4.79 Å². The molecule has 0 spiro atoms. The first-order valence-corrected chi connectivity index (χ1v) is 10.3. The predicted molar refractivity (Wildman–Crippen MR) is 97.9 cm³/mol. The van der Waals surface area contributed by atoms with Crippen LogP contribution in [-0.2, 0) is 14.6 Å². The molecule has 0 saturated heterocycles. The quantitative estimate of drug-likeness (QED) is 0.813. The van der Waals surface area contributed by atoms with Gasteiger partial charge in [0.1, 0.15) is 5.25 Å². The second-order valence-corrected chi connectivity index (χ2v) is 9.37. The summed E-state index contributed by atoms with van der Waals surface area (Å²) < 4.78 is 26.1. The number of carbonyl (C=O) groups is 1. The fourth-order valence-electron chi connectivity index (χ4n) is 2.38. The van der Waals surface area contributed by atoms with Crippen LogP contribution in [0.2, 0.25) is 0 Å². The van der Waals surface area contributed by atoms with E-state index in [0.717, 1.165) is 10.4 Å². The zero-order valence-corrected chi connectivity index (χ0v) is 15.8. The minimum atomic E-state index is -3.57. The lowest BCUT2D eigenvalue weighted by Crippen LogP contribution is -2.32. The number of thiophene rings is 1. The predicted octanol–water partition coefficient (Wildman–Crippen LogP) is 3.73. The molecule has 24 heavy (non-hydrogen) atoms. The van der Waals surface area contributed by atoms with Gasteiger partial charge in [-0.15, -0.1) is 11.3 Å². The number of hydrogen-bond acceptors (Lipinski definition) is 4. The minimum Gasteiger partial charge on any atom is -0.354 e. The molecular formula is C18H23NO3S2. The van der Waals surface area contributed by atoms with E-state index in [1.54, 1.807) is 30.3 Å². The fraction of sp³-hybridized carbons (Fsp3) is 0.389. The summed E-state index contributed by atoms with van der Waals surface area (Å²) in [6.07, 6.45) is 0.391. The molecule has 0 aliphatic carbocycles. The number of rotatable bonds is 7. The molecule has 2 rings (SSSR count). The lowest BCUT2D eigenvalue weighted by atomic mass is 10.1. The summed E-state index contributed by atoms with van der Waals surface area (Å²) >= 11 is 1.39. The Bertz CT molecular complexity index is 763. The van der Waals surface area contributed by atoms with E-state index in [1.165, 1.54) is 11.3 Å². The molecule has 1 heterocycles. The molecule has 1 unspecified atom stereocenters. The van der Waals surface area contributed by atoms with E-state index in [9.17, 15) is 13.2 Å². The van der Waals surface area contributed by atoms with E-state index in [1.807, 2.05) is 32.2 Å². The Kier molecular flexibility index (Phi) is 6.18. The minimum absolute atomic E-state index is 0.0856. The molecule has 0 radical (unpaired) electrons. The third-order valence-electron chi connectivity index (χ3n) is 3.66. The molecule has 6 heteroatoms. The number of benzene rings is 1. The molecule has 1 atom stereocenters. The highest BCUT2D eigenvalue weighted by Crippen LogP contribution is 2.31. The van der Waals surface area contributed by atoms with Crippen molar-refractivity contribution in [1.82, 2.24) is 5.32 Å². The second kappa shape index (κ2) is 7.94. The number of amides is 1. The highest BCUT2D eigenvalue weighted by atomic mass is 32.2. The number of sulfone groups is 1. The Morgan fingerprint density at radius 2 is 1.83 bits per heavy atom. The summed E-state index contributed by atoms with van der Waals surface area (Å²) in [6.45, 7) is 5.92. The SMILES string of the molecule is Cc1ccc(S(=O)(=O)C(CNC(=O)CC(C)C)c2cccs2)cc1. The lowest BCUT2D eigenvalue weighted by molar-refractivity contribution is -0.121. The van der Waals surface area contributed by atoms with Crippen molar-refractivity contribution >= 4 is 27.1 Å². The van der Waals surface area contributed by atoms with Crippen molar-refractivity contribution in [3.63, 3.8) is 0 Å². The van der Waals surface area contributed by atoms with Crippen LogP contribution in [0.1, 0.15) is 36.0 Å². The molecular weight excluding hydrogens is 342 g/mol. The van der Waals surface area contributed by atoms with E-state index >= 15 is 0 Å². The summed E-state index contributed by atoms with van der Waals surface area (Å²) in [5.74, 6) is 0.115. The Hall–Kier alpha value is -1.66. The fourth-order valence-corrected chi connectivity index (χ4v) is 5.16. The number of aryl methyl sites for hydroxylation is 1. The average molecular weight is 366 g/mol. The highest BCUT2D eigenvalue weighted by molar-refractivity contribution is 7.91. The van der Waals surface area contributed by atoms with E-state index in [0.29, 0.717) is 6.42 Å². The normalized spacial score (nSPS) is 13.0. The van der Waals surface area contributed by atoms with Gasteiger partial charge >= 0.3 is 0 Å². The summed E-state index contributed by atoms with van der Waals surface area (Å²) in [6, 6.07) is 10.5. The third kappa shape index (κ3) is 4.68. The first kappa shape index (κ1) is 18.7. The zero-order chi connectivity index (χ0) is 17.7. The van der Waals surface area contributed by atoms with Crippen LogP contribution in [-0.4, -0.2) is 20.9 Å². The van der Waals surface area contributed by atoms with Crippen LogP contribution in [0.15, 0.2) is 46.7 Å². The van der Waals surface area contributed by atoms with Gasteiger partial charge in [-0.2, -0.15) is 0 Å². The van der Waals surface area contributed by atoms with Crippen LogP contribution in [0.4, 0.5) is 0 Å². The Labute approximate surface area is 147 Å². The van der Waals surface area contributed by atoms with E-state index in [4.69, 9.17) is 0 Å². The van der Waals surface area contributed by atoms with Crippen molar-refractivity contribution in [1.29, 1.82) is 0 Å². The summed E-state index contributed by atoms with van der Waals surface area (Å²) in [5.41, 5.74) is 1.01. The monoisotopic (exact) mass is 365 g/mol. The molecule has 130 valence electrons. The standard InChI is InChI=1S/C18H23NO3S2/c1-13(2)11-18(20)19-12-17(16-5-4-10-23-16)24(21,22)15-8-6-14(3)7-9-15/h4-10,13,17H,11-12H2,1-3H3,(H,19,20). The van der Waals surface area contributed by atoms with Crippen molar-refractivity contribution in [3.05, 3.63) is 52.2 Å². The Morgan fingerprint density at radius 3 is 2.38 bits per heavy atom. The van der Waals surface area contributed by atoms with Gasteiger partial charge < -0.3 is 5.32 Å². The third-order valence-corrected chi connectivity index (χ3v) is 6.90. The molecule has 0 fully saturated rings. The maximum Gasteiger partial charge on any atom is 0.220 e. The molecule has 0 aliphatic heterocycles. The molecule has 1 N–H and O–H groups in total. The molecule has 0 bridgehead atoms. The smallest absolute Gasteiger partial charge is 0.220 e. The molecule has 2 aromatic rings. The van der Waals surface area contributed by atoms with Crippen LogP contribution in [0.25, 0.3) is 0 Å². The largest absolute Gasteiger partial charge is 0.354 e. The van der Waals surface area contributed by atoms with Crippen molar-refractivity contribution in [2.75, 3.05) is 6.54 Å². The van der Waals surface area contributed by atoms with E-state index < -0.39 is 15.1 Å². The molecule has 1 aromatic carbocycles. The lowest BCUT2D eigenvalue weighted by Gasteiger charge is -2.18. The second-order valence-electron chi connectivity index (χ2n) is 6.26. The van der Waals surface area contributed by atoms with Crippen molar-refractivity contribution in [2.24, 2.45) is 5.92 Å². The van der Waals surface area contributed by atoms with Gasteiger partial charge in [0, 0.05) is 17.8 Å². The van der Waals surface area contributed by atoms with Crippen LogP contribution in [0, 0.1) is 12.8 Å². The Balaban J connectivity index is 2.26. The molecule has 4 nitrogen and oxygen atoms in total. The van der Waals surface area contributed by atoms with Gasteiger partial charge in [0.05, 0.1) is 4.90 Å². The number of carbonyl (C=O) groups excluding carboxylic acids is 1. The summed E-state index contributed by atoms with van der Waals surface area (Å²) in [4.78, 5) is 13.0. The topological polar surface area (TPSA) is 63.2 Å². The van der Waals surface area contributed by atoms with Crippen LogP contribution in [0.5, 0.6) is 0 Å². The maximum atomic E-state index is 13.0. The Morgan fingerprint density at radius 1 is 1.17 bits per heavy atom. The van der Waals surface area contributed by atoms with E-state index in [2.05, 4.69) is 5.32 Å². The van der Waals surface area contributed by atoms with Crippen LogP contribution < -0.4 is 5.32 Å².